The molecule has 2 aromatic heterocycles. The lowest BCUT2D eigenvalue weighted by molar-refractivity contribution is 0.0955. The summed E-state index contributed by atoms with van der Waals surface area (Å²) in [5.74, 6) is -0.661. The lowest BCUT2D eigenvalue weighted by Gasteiger charge is -2.31. The van der Waals surface area contributed by atoms with Crippen molar-refractivity contribution < 1.29 is 21.6 Å². The van der Waals surface area contributed by atoms with Gasteiger partial charge in [0, 0.05) is 38.6 Å². The number of benzene rings is 1. The zero-order chi connectivity index (χ0) is 26.6. The Morgan fingerprint density at radius 2 is 1.73 bits per heavy atom. The maximum atomic E-state index is 12.9. The molecule has 1 aliphatic heterocycles. The quantitative estimate of drug-likeness (QED) is 0.316. The highest BCUT2D eigenvalue weighted by Crippen LogP contribution is 2.22. The summed E-state index contributed by atoms with van der Waals surface area (Å²) in [7, 11) is -5.49. The zero-order valence-electron chi connectivity index (χ0n) is 20.2. The Labute approximate surface area is 219 Å². The van der Waals surface area contributed by atoms with E-state index in [9.17, 15) is 21.6 Å². The molecule has 0 radical (unpaired) electrons. The molecule has 11 nitrogen and oxygen atoms in total. The van der Waals surface area contributed by atoms with Crippen molar-refractivity contribution >= 4 is 48.7 Å². The standard InChI is InChI=1S/C23H26N6O5S3/c1-17(18-5-7-19(8-6-18)37(33,34)29-13-11-28(2)12-14-29)25-26-23(30)20-16-24-10-9-21(20)27-36(31,32)22-4-3-15-35-22/h3-10,15-16H,11-14H2,1-2H3,(H,24,27)(H,26,30)/b25-17-. The summed E-state index contributed by atoms with van der Waals surface area (Å²) in [6, 6.07) is 10.7. The van der Waals surface area contributed by atoms with E-state index in [2.05, 4.69) is 25.1 Å². The number of pyridine rings is 1. The van der Waals surface area contributed by atoms with Crippen molar-refractivity contribution in [3.8, 4) is 0 Å². The molecule has 3 heterocycles. The Kier molecular flexibility index (Phi) is 8.04. The molecular weight excluding hydrogens is 536 g/mol. The van der Waals surface area contributed by atoms with Gasteiger partial charge in [0.05, 0.1) is 21.9 Å². The smallest absolute Gasteiger partial charge is 0.275 e. The van der Waals surface area contributed by atoms with Crippen LogP contribution in [0.3, 0.4) is 0 Å². The number of likely N-dealkylation sites (N-methyl/N-ethyl adjacent to an activating group) is 1. The molecule has 14 heteroatoms. The molecule has 1 aromatic carbocycles. The molecule has 1 fully saturated rings. The first-order chi connectivity index (χ1) is 17.6. The van der Waals surface area contributed by atoms with Crippen LogP contribution in [-0.2, 0) is 20.0 Å². The molecular formula is C23H26N6O5S3. The predicted octanol–water partition coefficient (Wildman–Crippen LogP) is 2.03. The van der Waals surface area contributed by atoms with Crippen LogP contribution in [0.4, 0.5) is 5.69 Å². The number of rotatable bonds is 8. The Bertz CT molecular complexity index is 1500. The molecule has 1 aliphatic rings. The SMILES string of the molecule is C/C(=N/NC(=O)c1cnccc1NS(=O)(=O)c1cccs1)c1ccc(S(=O)(=O)N2CCN(C)CC2)cc1. The minimum absolute atomic E-state index is 0.00667. The minimum Gasteiger partial charge on any atom is -0.304 e. The number of piperazine rings is 1. The van der Waals surface area contributed by atoms with Gasteiger partial charge >= 0.3 is 0 Å². The number of aromatic nitrogens is 1. The second-order valence-electron chi connectivity index (χ2n) is 8.33. The molecule has 37 heavy (non-hydrogen) atoms. The van der Waals surface area contributed by atoms with Crippen molar-refractivity contribution in [2.24, 2.45) is 5.10 Å². The highest BCUT2D eigenvalue weighted by Gasteiger charge is 2.27. The number of carbonyl (C=O) groups is 1. The van der Waals surface area contributed by atoms with E-state index >= 15 is 0 Å². The summed E-state index contributed by atoms with van der Waals surface area (Å²) in [4.78, 5) is 19.0. The first kappa shape index (κ1) is 26.9. The molecule has 0 aliphatic carbocycles. The van der Waals surface area contributed by atoms with Crippen LogP contribution in [-0.4, -0.2) is 75.9 Å². The van der Waals surface area contributed by atoms with E-state index in [-0.39, 0.29) is 20.4 Å². The van der Waals surface area contributed by atoms with Crippen molar-refractivity contribution in [3.63, 3.8) is 0 Å². The number of hydrazone groups is 1. The molecule has 1 amide bonds. The molecule has 0 bridgehead atoms. The van der Waals surface area contributed by atoms with Gasteiger partial charge in [0.25, 0.3) is 15.9 Å². The number of thiophene rings is 1. The molecule has 0 unspecified atom stereocenters. The van der Waals surface area contributed by atoms with E-state index in [0.717, 1.165) is 11.3 Å². The summed E-state index contributed by atoms with van der Waals surface area (Å²) < 4.78 is 55.0. The molecule has 1 saturated heterocycles. The van der Waals surface area contributed by atoms with Crippen LogP contribution < -0.4 is 10.1 Å². The Hall–Kier alpha value is -3.17. The van der Waals surface area contributed by atoms with Crippen LogP contribution in [0.15, 0.2) is 74.4 Å². The summed E-state index contributed by atoms with van der Waals surface area (Å²) in [5.41, 5.74) is 3.51. The molecule has 2 N–H and O–H groups in total. The van der Waals surface area contributed by atoms with E-state index in [4.69, 9.17) is 0 Å². The number of nitrogens with zero attached hydrogens (tertiary/aromatic N) is 4. The Morgan fingerprint density at radius 3 is 2.38 bits per heavy atom. The number of hydrogen-bond donors (Lipinski definition) is 2. The van der Waals surface area contributed by atoms with Crippen molar-refractivity contribution in [1.29, 1.82) is 0 Å². The van der Waals surface area contributed by atoms with Gasteiger partial charge in [-0.05, 0) is 49.2 Å². The lowest BCUT2D eigenvalue weighted by atomic mass is 10.1. The average molecular weight is 563 g/mol. The van der Waals surface area contributed by atoms with E-state index in [1.807, 2.05) is 7.05 Å². The zero-order valence-corrected chi connectivity index (χ0v) is 22.6. The maximum absolute atomic E-state index is 12.9. The number of amides is 1. The van der Waals surface area contributed by atoms with Gasteiger partial charge in [0.15, 0.2) is 0 Å². The maximum Gasteiger partial charge on any atom is 0.275 e. The fraction of sp³-hybridized carbons (Fsp3) is 0.261. The molecule has 0 atom stereocenters. The number of hydrogen-bond acceptors (Lipinski definition) is 9. The van der Waals surface area contributed by atoms with Crippen LogP contribution in [0.25, 0.3) is 0 Å². The number of anilines is 1. The van der Waals surface area contributed by atoms with Gasteiger partial charge in [-0.2, -0.15) is 9.41 Å². The fourth-order valence-corrected chi connectivity index (χ4v) is 7.08. The van der Waals surface area contributed by atoms with Gasteiger partial charge in [-0.3, -0.25) is 14.5 Å². The summed E-state index contributed by atoms with van der Waals surface area (Å²) >= 11 is 1.05. The van der Waals surface area contributed by atoms with Crippen LogP contribution in [0.5, 0.6) is 0 Å². The minimum atomic E-state index is -3.86. The van der Waals surface area contributed by atoms with Crippen molar-refractivity contribution in [3.05, 3.63) is 71.4 Å². The van der Waals surface area contributed by atoms with Crippen molar-refractivity contribution in [1.82, 2.24) is 19.6 Å². The third kappa shape index (κ3) is 6.22. The Morgan fingerprint density at radius 1 is 1.03 bits per heavy atom. The van der Waals surface area contributed by atoms with E-state index in [0.29, 0.717) is 37.5 Å². The monoisotopic (exact) mass is 562 g/mol. The van der Waals surface area contributed by atoms with E-state index in [1.54, 1.807) is 30.5 Å². The van der Waals surface area contributed by atoms with Gasteiger partial charge in [-0.15, -0.1) is 11.3 Å². The van der Waals surface area contributed by atoms with Gasteiger partial charge < -0.3 is 4.90 Å². The largest absolute Gasteiger partial charge is 0.304 e. The van der Waals surface area contributed by atoms with Crippen LogP contribution in [0, 0.1) is 0 Å². The van der Waals surface area contributed by atoms with Gasteiger partial charge in [0.1, 0.15) is 4.21 Å². The van der Waals surface area contributed by atoms with Crippen molar-refractivity contribution in [2.45, 2.75) is 16.0 Å². The summed E-state index contributed by atoms with van der Waals surface area (Å²) in [6.45, 7) is 3.89. The third-order valence-electron chi connectivity index (χ3n) is 5.77. The molecule has 196 valence electrons. The third-order valence-corrected chi connectivity index (χ3v) is 10.4. The van der Waals surface area contributed by atoms with E-state index < -0.39 is 26.0 Å². The number of carbonyl (C=O) groups excluding carboxylic acids is 1. The highest BCUT2D eigenvalue weighted by atomic mass is 32.2. The van der Waals surface area contributed by atoms with Gasteiger partial charge in [-0.25, -0.2) is 22.3 Å². The molecule has 0 saturated carbocycles. The van der Waals surface area contributed by atoms with Crippen LogP contribution >= 0.6 is 11.3 Å². The van der Waals surface area contributed by atoms with E-state index in [1.165, 1.54) is 41.0 Å². The molecule has 3 aromatic rings. The predicted molar refractivity (Wildman–Crippen MR) is 142 cm³/mol. The summed E-state index contributed by atoms with van der Waals surface area (Å²) in [6.07, 6.45) is 2.61. The summed E-state index contributed by atoms with van der Waals surface area (Å²) in [5, 5.41) is 5.74. The van der Waals surface area contributed by atoms with Crippen LogP contribution in [0.2, 0.25) is 0 Å². The Balaban J connectivity index is 1.45. The topological polar surface area (TPSA) is 141 Å². The van der Waals surface area contributed by atoms with Gasteiger partial charge in [0.2, 0.25) is 10.0 Å². The second kappa shape index (κ2) is 11.1. The number of nitrogens with one attached hydrogen (secondary N) is 2. The molecule has 0 spiro atoms. The molecule has 4 rings (SSSR count). The average Bonchev–Trinajstić information content (AvgIpc) is 3.44. The van der Waals surface area contributed by atoms with Gasteiger partial charge in [-0.1, -0.05) is 18.2 Å². The first-order valence-corrected chi connectivity index (χ1v) is 15.0. The first-order valence-electron chi connectivity index (χ1n) is 11.2. The normalized spacial score (nSPS) is 15.9. The lowest BCUT2D eigenvalue weighted by Crippen LogP contribution is -2.46. The highest BCUT2D eigenvalue weighted by molar-refractivity contribution is 7.94. The fourth-order valence-electron chi connectivity index (χ4n) is 3.58. The second-order valence-corrected chi connectivity index (χ2v) is 13.1. The van der Waals surface area contributed by atoms with Crippen LogP contribution in [0.1, 0.15) is 22.8 Å². The number of sulfonamides is 2. The van der Waals surface area contributed by atoms with Crippen molar-refractivity contribution in [2.75, 3.05) is 37.9 Å².